The molecule has 3 rings (SSSR count). The summed E-state index contributed by atoms with van der Waals surface area (Å²) in [7, 11) is -7.62. The van der Waals surface area contributed by atoms with Crippen molar-refractivity contribution < 1.29 is 21.3 Å². The Morgan fingerprint density at radius 2 is 1.81 bits per heavy atom. The Bertz CT molecular complexity index is 1110. The lowest BCUT2D eigenvalue weighted by molar-refractivity contribution is 0.498. The Balaban J connectivity index is 1.79. The van der Waals surface area contributed by atoms with Gasteiger partial charge in [0, 0.05) is 0 Å². The van der Waals surface area contributed by atoms with E-state index in [4.69, 9.17) is 4.42 Å². The summed E-state index contributed by atoms with van der Waals surface area (Å²) < 4.78 is 60.1. The number of benzene rings is 1. The second-order valence-electron chi connectivity index (χ2n) is 5.10. The zero-order valence-electron chi connectivity index (χ0n) is 13.0. The Labute approximate surface area is 163 Å². The van der Waals surface area contributed by atoms with Gasteiger partial charge in [-0.1, -0.05) is 6.07 Å². The fraction of sp³-hybridized carbons (Fsp3) is 0.0667. The molecule has 138 valence electrons. The van der Waals surface area contributed by atoms with Crippen molar-refractivity contribution in [1.82, 2.24) is 4.72 Å². The first-order chi connectivity index (χ1) is 12.3. The van der Waals surface area contributed by atoms with Gasteiger partial charge in [-0.25, -0.2) is 21.6 Å². The topological polar surface area (TPSA) is 105 Å². The third-order valence-electron chi connectivity index (χ3n) is 3.23. The van der Waals surface area contributed by atoms with Crippen LogP contribution in [0.25, 0.3) is 0 Å². The van der Waals surface area contributed by atoms with Gasteiger partial charge >= 0.3 is 0 Å². The SMILES string of the molecule is O=S(=O)(NCc1ccco1)c1cccc(NS(=O)(=O)c2ccc(Br)s2)c1. The van der Waals surface area contributed by atoms with Crippen LogP contribution < -0.4 is 9.44 Å². The third kappa shape index (κ3) is 4.54. The van der Waals surface area contributed by atoms with Gasteiger partial charge in [-0.15, -0.1) is 11.3 Å². The first kappa shape index (κ1) is 19.1. The summed E-state index contributed by atoms with van der Waals surface area (Å²) in [6.45, 7) is -0.00545. The highest BCUT2D eigenvalue weighted by Crippen LogP contribution is 2.28. The van der Waals surface area contributed by atoms with Crippen LogP contribution in [0.5, 0.6) is 0 Å². The van der Waals surface area contributed by atoms with Crippen molar-refractivity contribution >= 4 is 53.0 Å². The maximum atomic E-state index is 12.4. The second kappa shape index (κ2) is 7.53. The molecule has 0 unspecified atom stereocenters. The highest BCUT2D eigenvalue weighted by molar-refractivity contribution is 9.11. The Kier molecular flexibility index (Phi) is 5.53. The molecule has 0 aliphatic carbocycles. The molecular weight excluding hydrogens is 464 g/mol. The molecule has 2 aromatic heterocycles. The second-order valence-corrected chi connectivity index (χ2v) is 11.2. The number of anilines is 1. The highest BCUT2D eigenvalue weighted by Gasteiger charge is 2.19. The monoisotopic (exact) mass is 476 g/mol. The van der Waals surface area contributed by atoms with Crippen molar-refractivity contribution in [2.75, 3.05) is 4.72 Å². The molecule has 0 atom stereocenters. The molecule has 2 N–H and O–H groups in total. The third-order valence-corrected chi connectivity index (χ3v) is 8.12. The van der Waals surface area contributed by atoms with Crippen LogP contribution >= 0.6 is 27.3 Å². The fourth-order valence-electron chi connectivity index (χ4n) is 2.04. The standard InChI is InChI=1S/C15H13BrN2O5S3/c16-14-6-7-15(24-14)26(21,22)18-11-3-1-5-13(9-11)25(19,20)17-10-12-4-2-8-23-12/h1-9,17-18H,10H2. The number of sulfonamides is 2. The highest BCUT2D eigenvalue weighted by atomic mass is 79.9. The molecule has 11 heteroatoms. The largest absolute Gasteiger partial charge is 0.468 e. The predicted molar refractivity (Wildman–Crippen MR) is 102 cm³/mol. The number of hydrogen-bond acceptors (Lipinski definition) is 6. The normalized spacial score (nSPS) is 12.2. The van der Waals surface area contributed by atoms with E-state index in [0.29, 0.717) is 9.55 Å². The summed E-state index contributed by atoms with van der Waals surface area (Å²) in [5.74, 6) is 0.466. The van der Waals surface area contributed by atoms with Gasteiger partial charge in [-0.3, -0.25) is 4.72 Å². The average Bonchev–Trinajstić information content (AvgIpc) is 3.24. The number of thiophene rings is 1. The minimum Gasteiger partial charge on any atom is -0.468 e. The molecule has 0 fully saturated rings. The van der Waals surface area contributed by atoms with E-state index in [9.17, 15) is 16.8 Å². The van der Waals surface area contributed by atoms with Gasteiger partial charge in [0.05, 0.1) is 27.2 Å². The molecular formula is C15H13BrN2O5S3. The van der Waals surface area contributed by atoms with Crippen LogP contribution in [0, 0.1) is 0 Å². The molecule has 0 radical (unpaired) electrons. The molecule has 0 aliphatic heterocycles. The summed E-state index contributed by atoms with van der Waals surface area (Å²) in [5.41, 5.74) is 0.149. The first-order valence-electron chi connectivity index (χ1n) is 7.16. The number of nitrogens with one attached hydrogen (secondary N) is 2. The van der Waals surface area contributed by atoms with E-state index in [1.165, 1.54) is 36.6 Å². The summed E-state index contributed by atoms with van der Waals surface area (Å²) in [5, 5.41) is 0. The Morgan fingerprint density at radius 1 is 1.00 bits per heavy atom. The smallest absolute Gasteiger partial charge is 0.271 e. The van der Waals surface area contributed by atoms with Crippen LogP contribution in [0.4, 0.5) is 5.69 Å². The number of halogens is 1. The van der Waals surface area contributed by atoms with Gasteiger partial charge in [0.1, 0.15) is 9.97 Å². The molecule has 7 nitrogen and oxygen atoms in total. The minimum absolute atomic E-state index is 0.00545. The summed E-state index contributed by atoms with van der Waals surface area (Å²) in [6.07, 6.45) is 1.45. The van der Waals surface area contributed by atoms with Crippen LogP contribution in [0.15, 0.2) is 72.1 Å². The molecule has 0 saturated carbocycles. The van der Waals surface area contributed by atoms with Crippen molar-refractivity contribution in [1.29, 1.82) is 0 Å². The molecule has 0 saturated heterocycles. The van der Waals surface area contributed by atoms with Crippen LogP contribution in [0.3, 0.4) is 0 Å². The molecule has 3 aromatic rings. The van der Waals surface area contributed by atoms with E-state index >= 15 is 0 Å². The lowest BCUT2D eigenvalue weighted by atomic mass is 10.3. The molecule has 0 aliphatic rings. The van der Waals surface area contributed by atoms with Crippen molar-refractivity contribution in [2.45, 2.75) is 15.6 Å². The molecule has 0 bridgehead atoms. The molecule has 0 spiro atoms. The lowest BCUT2D eigenvalue weighted by Crippen LogP contribution is -2.23. The Hall–Kier alpha value is -1.66. The maximum absolute atomic E-state index is 12.4. The summed E-state index contributed by atoms with van der Waals surface area (Å²) in [6, 6.07) is 12.0. The minimum atomic E-state index is -3.82. The predicted octanol–water partition coefficient (Wildman–Crippen LogP) is 3.38. The molecule has 26 heavy (non-hydrogen) atoms. The maximum Gasteiger partial charge on any atom is 0.271 e. The quantitative estimate of drug-likeness (QED) is 0.543. The van der Waals surface area contributed by atoms with Gasteiger partial charge in [-0.2, -0.15) is 0 Å². The Morgan fingerprint density at radius 3 is 2.46 bits per heavy atom. The molecule has 1 aromatic carbocycles. The summed E-state index contributed by atoms with van der Waals surface area (Å²) in [4.78, 5) is -0.0587. The van der Waals surface area contributed by atoms with E-state index in [2.05, 4.69) is 25.4 Å². The van der Waals surface area contributed by atoms with E-state index < -0.39 is 20.0 Å². The van der Waals surface area contributed by atoms with E-state index in [-0.39, 0.29) is 21.3 Å². The lowest BCUT2D eigenvalue weighted by Gasteiger charge is -2.09. The molecule has 2 heterocycles. The number of rotatable bonds is 7. The van der Waals surface area contributed by atoms with Crippen molar-refractivity contribution in [2.24, 2.45) is 0 Å². The zero-order chi connectivity index (χ0) is 18.8. The fourth-order valence-corrected chi connectivity index (χ4v) is 6.14. The van der Waals surface area contributed by atoms with Crippen LogP contribution in [-0.4, -0.2) is 16.8 Å². The zero-order valence-corrected chi connectivity index (χ0v) is 17.1. The van der Waals surface area contributed by atoms with Crippen molar-refractivity contribution in [3.05, 3.63) is 64.3 Å². The van der Waals surface area contributed by atoms with E-state index in [0.717, 1.165) is 11.3 Å². The number of hydrogen-bond donors (Lipinski definition) is 2. The van der Waals surface area contributed by atoms with Crippen molar-refractivity contribution in [3.8, 4) is 0 Å². The van der Waals surface area contributed by atoms with Crippen molar-refractivity contribution in [3.63, 3.8) is 0 Å². The van der Waals surface area contributed by atoms with Crippen LogP contribution in [0.2, 0.25) is 0 Å². The van der Waals surface area contributed by atoms with Gasteiger partial charge in [0.25, 0.3) is 10.0 Å². The van der Waals surface area contributed by atoms with Gasteiger partial charge in [-0.05, 0) is 58.4 Å². The van der Waals surface area contributed by atoms with Crippen LogP contribution in [-0.2, 0) is 26.6 Å². The number of furan rings is 1. The van der Waals surface area contributed by atoms with Gasteiger partial charge < -0.3 is 4.42 Å². The van der Waals surface area contributed by atoms with Crippen LogP contribution in [0.1, 0.15) is 5.76 Å². The first-order valence-corrected chi connectivity index (χ1v) is 11.7. The van der Waals surface area contributed by atoms with Gasteiger partial charge in [0.2, 0.25) is 10.0 Å². The van der Waals surface area contributed by atoms with E-state index in [1.807, 2.05) is 0 Å². The summed E-state index contributed by atoms with van der Waals surface area (Å²) >= 11 is 4.27. The van der Waals surface area contributed by atoms with E-state index in [1.54, 1.807) is 18.2 Å². The molecule has 0 amide bonds. The van der Waals surface area contributed by atoms with Gasteiger partial charge in [0.15, 0.2) is 0 Å². The average molecular weight is 477 g/mol.